The number of benzene rings is 6. The van der Waals surface area contributed by atoms with Gasteiger partial charge in [0, 0.05) is 38.2 Å². The Balaban J connectivity index is 0.000000210. The Kier molecular flexibility index (Phi) is 6.86. The summed E-state index contributed by atoms with van der Waals surface area (Å²) in [5, 5.41) is 10.2. The van der Waals surface area contributed by atoms with Gasteiger partial charge in [0.05, 0.1) is 22.8 Å². The maximum absolute atomic E-state index is 5.57. The van der Waals surface area contributed by atoms with E-state index in [-0.39, 0.29) is 6.04 Å². The van der Waals surface area contributed by atoms with Crippen LogP contribution in [0, 0.1) is 12.1 Å². The van der Waals surface area contributed by atoms with Gasteiger partial charge >= 0.3 is 0 Å². The van der Waals surface area contributed by atoms with Crippen molar-refractivity contribution in [2.75, 3.05) is 5.32 Å². The van der Waals surface area contributed by atoms with Gasteiger partial charge in [-0.3, -0.25) is 0 Å². The zero-order valence-electron chi connectivity index (χ0n) is 27.8. The first-order valence-electron chi connectivity index (χ1n) is 17.5. The molecule has 240 valence electrons. The number of fused-ring (bicyclic) bond motifs is 9. The van der Waals surface area contributed by atoms with E-state index in [9.17, 15) is 0 Å². The third-order valence-electron chi connectivity index (χ3n) is 10.1. The van der Waals surface area contributed by atoms with E-state index >= 15 is 0 Å². The standard InChI is InChI=1S/C36H26N2.C12H6O/c1-3-11-24(12-4-1)26-21-27(25-13-5-2-6-14-25)23-28(22-26)37-32-18-10-20-34-35(32)31-17-9-16-30-29-15-7-8-19-33(29)38(34)36(30)31;1-3-7-11-9(5-1)10-6-2-4-8-12(10)13-11/h1-17,19-23,32,37H,18H2;1-3,5-7H. The van der Waals surface area contributed by atoms with Crippen LogP contribution in [0.3, 0.4) is 0 Å². The molecule has 1 atom stereocenters. The van der Waals surface area contributed by atoms with Crippen LogP contribution in [0.4, 0.5) is 5.69 Å². The van der Waals surface area contributed by atoms with Crippen molar-refractivity contribution in [1.29, 1.82) is 0 Å². The molecule has 7 aromatic carbocycles. The molecular weight excluding hydrogens is 621 g/mol. The number of aromatic nitrogens is 1. The Bertz CT molecular complexity index is 2750. The van der Waals surface area contributed by atoms with Crippen LogP contribution in [0.1, 0.15) is 23.7 Å². The SMILES string of the molecule is C1=Cc2c(c3cccc4c5ccccc5n2c34)C(Nc2cc(-c3ccccc3)cc(-c3ccccc3)c2)C1.c1ccc2c(c#1)oc1ccccc12. The van der Waals surface area contributed by atoms with E-state index < -0.39 is 0 Å². The summed E-state index contributed by atoms with van der Waals surface area (Å²) < 4.78 is 8.03. The van der Waals surface area contributed by atoms with Gasteiger partial charge in [0.15, 0.2) is 5.58 Å². The molecule has 3 heteroatoms. The second-order valence-electron chi connectivity index (χ2n) is 13.2. The van der Waals surface area contributed by atoms with E-state index in [2.05, 4.69) is 161 Å². The molecule has 0 saturated carbocycles. The highest BCUT2D eigenvalue weighted by atomic mass is 16.3. The predicted molar refractivity (Wildman–Crippen MR) is 212 cm³/mol. The van der Waals surface area contributed by atoms with Crippen LogP contribution in [0.25, 0.3) is 77.5 Å². The Hall–Kier alpha value is -6.76. The highest BCUT2D eigenvalue weighted by Crippen LogP contribution is 2.44. The fourth-order valence-electron chi connectivity index (χ4n) is 7.90. The molecule has 0 radical (unpaired) electrons. The lowest BCUT2D eigenvalue weighted by molar-refractivity contribution is 0.669. The molecule has 1 aliphatic rings. The highest BCUT2D eigenvalue weighted by Gasteiger charge is 2.27. The lowest BCUT2D eigenvalue weighted by Gasteiger charge is -2.24. The van der Waals surface area contributed by atoms with E-state index in [1.807, 2.05) is 30.3 Å². The normalized spacial score (nSPS) is 13.8. The van der Waals surface area contributed by atoms with Crippen molar-refractivity contribution in [2.24, 2.45) is 0 Å². The Morgan fingerprint density at radius 2 is 1.25 bits per heavy atom. The van der Waals surface area contributed by atoms with Crippen molar-refractivity contribution in [3.63, 3.8) is 0 Å². The molecule has 10 aromatic rings. The molecule has 3 nitrogen and oxygen atoms in total. The number of nitrogens with zero attached hydrogens (tertiary/aromatic N) is 1. The zero-order chi connectivity index (χ0) is 33.7. The van der Waals surface area contributed by atoms with Crippen molar-refractivity contribution < 1.29 is 4.42 Å². The second kappa shape index (κ2) is 12.0. The topological polar surface area (TPSA) is 29.6 Å². The van der Waals surface area contributed by atoms with Gasteiger partial charge in [-0.25, -0.2) is 0 Å². The van der Waals surface area contributed by atoms with Crippen LogP contribution in [-0.4, -0.2) is 4.40 Å². The van der Waals surface area contributed by atoms with Crippen molar-refractivity contribution >= 4 is 60.9 Å². The van der Waals surface area contributed by atoms with E-state index in [1.165, 1.54) is 60.7 Å². The molecule has 51 heavy (non-hydrogen) atoms. The third-order valence-corrected chi connectivity index (χ3v) is 10.1. The molecule has 11 rings (SSSR count). The van der Waals surface area contributed by atoms with Gasteiger partial charge in [-0.1, -0.05) is 127 Å². The van der Waals surface area contributed by atoms with Crippen molar-refractivity contribution in [3.05, 3.63) is 187 Å². The number of para-hydroxylation sites is 3. The van der Waals surface area contributed by atoms with Crippen molar-refractivity contribution in [2.45, 2.75) is 12.5 Å². The number of hydrogen-bond donors (Lipinski definition) is 1. The van der Waals surface area contributed by atoms with Gasteiger partial charge in [0.2, 0.25) is 0 Å². The quantitative estimate of drug-likeness (QED) is 0.205. The summed E-state index contributed by atoms with van der Waals surface area (Å²) in [6.07, 6.45) is 5.59. The fraction of sp³-hybridized carbons (Fsp3) is 0.0417. The molecule has 0 bridgehead atoms. The maximum atomic E-state index is 5.57. The van der Waals surface area contributed by atoms with E-state index in [0.29, 0.717) is 0 Å². The molecule has 0 fully saturated rings. The highest BCUT2D eigenvalue weighted by molar-refractivity contribution is 6.16. The molecule has 1 aliphatic carbocycles. The summed E-state index contributed by atoms with van der Waals surface area (Å²) in [7, 11) is 0. The van der Waals surface area contributed by atoms with Crippen LogP contribution >= 0.6 is 0 Å². The van der Waals surface area contributed by atoms with Gasteiger partial charge in [-0.2, -0.15) is 0 Å². The molecule has 1 N–H and O–H groups in total. The molecule has 3 aromatic heterocycles. The van der Waals surface area contributed by atoms with E-state index in [1.54, 1.807) is 0 Å². The first-order valence-corrected chi connectivity index (χ1v) is 17.5. The van der Waals surface area contributed by atoms with Crippen molar-refractivity contribution in [1.82, 2.24) is 4.40 Å². The molecule has 0 spiro atoms. The number of nitrogens with one attached hydrogen (secondary N) is 1. The molecule has 0 aliphatic heterocycles. The fourth-order valence-corrected chi connectivity index (χ4v) is 7.90. The van der Waals surface area contributed by atoms with Crippen LogP contribution in [0.2, 0.25) is 0 Å². The van der Waals surface area contributed by atoms with E-state index in [4.69, 9.17) is 4.42 Å². The lowest BCUT2D eigenvalue weighted by Crippen LogP contribution is -2.13. The van der Waals surface area contributed by atoms with Gasteiger partial charge in [-0.15, -0.1) is 0 Å². The van der Waals surface area contributed by atoms with Crippen LogP contribution in [-0.2, 0) is 0 Å². The first-order chi connectivity index (χ1) is 25.3. The van der Waals surface area contributed by atoms with E-state index in [0.717, 1.165) is 34.0 Å². The minimum Gasteiger partial charge on any atom is -0.447 e. The van der Waals surface area contributed by atoms with Crippen molar-refractivity contribution in [3.8, 4) is 22.3 Å². The number of rotatable bonds is 4. The maximum Gasteiger partial charge on any atom is 0.185 e. The first kappa shape index (κ1) is 29.2. The van der Waals surface area contributed by atoms with Crippen LogP contribution in [0.15, 0.2) is 168 Å². The summed E-state index contributed by atoms with van der Waals surface area (Å²) in [4.78, 5) is 0. The minimum atomic E-state index is 0.189. The molecular formula is C48H32N2O. The molecule has 0 saturated heterocycles. The summed E-state index contributed by atoms with van der Waals surface area (Å²) in [6, 6.07) is 61.6. The van der Waals surface area contributed by atoms with Crippen LogP contribution < -0.4 is 5.32 Å². The number of anilines is 1. The van der Waals surface area contributed by atoms with Gasteiger partial charge < -0.3 is 14.1 Å². The molecule has 3 heterocycles. The number of furan rings is 1. The molecule has 1 unspecified atom stereocenters. The number of hydrogen-bond acceptors (Lipinski definition) is 2. The largest absolute Gasteiger partial charge is 0.447 e. The van der Waals surface area contributed by atoms with Crippen LogP contribution in [0.5, 0.6) is 0 Å². The average molecular weight is 653 g/mol. The summed E-state index contributed by atoms with van der Waals surface area (Å²) >= 11 is 0. The van der Waals surface area contributed by atoms with Gasteiger partial charge in [0.25, 0.3) is 0 Å². The third kappa shape index (κ3) is 4.92. The Morgan fingerprint density at radius 3 is 2.04 bits per heavy atom. The summed E-state index contributed by atoms with van der Waals surface area (Å²) in [5.41, 5.74) is 13.0. The summed E-state index contributed by atoms with van der Waals surface area (Å²) in [6.45, 7) is 0. The zero-order valence-corrected chi connectivity index (χ0v) is 27.8. The lowest BCUT2D eigenvalue weighted by atomic mass is 9.93. The van der Waals surface area contributed by atoms with Gasteiger partial charge in [-0.05, 0) is 83.3 Å². The molecule has 0 amide bonds. The average Bonchev–Trinajstić information content (AvgIpc) is 3.87. The Morgan fingerprint density at radius 1 is 0.588 bits per heavy atom. The second-order valence-corrected chi connectivity index (χ2v) is 13.2. The minimum absolute atomic E-state index is 0.189. The predicted octanol–water partition coefficient (Wildman–Crippen LogP) is 12.8. The van der Waals surface area contributed by atoms with Gasteiger partial charge in [0.1, 0.15) is 5.58 Å². The smallest absolute Gasteiger partial charge is 0.185 e. The monoisotopic (exact) mass is 652 g/mol. The summed E-state index contributed by atoms with van der Waals surface area (Å²) in [5.74, 6) is 0. The Labute approximate surface area is 296 Å².